The van der Waals surface area contributed by atoms with Crippen LogP contribution in [0.2, 0.25) is 0 Å². The van der Waals surface area contributed by atoms with E-state index in [4.69, 9.17) is 9.47 Å². The Bertz CT molecular complexity index is 1940. The molecule has 1 aliphatic carbocycles. The second-order valence-electron chi connectivity index (χ2n) is 9.56. The van der Waals surface area contributed by atoms with Crippen LogP contribution in [0.1, 0.15) is 39.3 Å². The van der Waals surface area contributed by atoms with Crippen LogP contribution >= 0.6 is 0 Å². The summed E-state index contributed by atoms with van der Waals surface area (Å²) in [7, 11) is 1.57. The molecule has 11 heteroatoms. The molecule has 0 atom stereocenters. The number of benzene rings is 2. The van der Waals surface area contributed by atoms with E-state index in [-0.39, 0.29) is 40.5 Å². The number of carbonyl (C=O) groups is 2. The van der Waals surface area contributed by atoms with Crippen LogP contribution in [0.15, 0.2) is 77.9 Å². The van der Waals surface area contributed by atoms with Crippen molar-refractivity contribution < 1.29 is 27.8 Å². The van der Waals surface area contributed by atoms with E-state index in [0.717, 1.165) is 22.1 Å². The lowest BCUT2D eigenvalue weighted by Crippen LogP contribution is -2.34. The van der Waals surface area contributed by atoms with Crippen LogP contribution in [0.5, 0.6) is 17.2 Å². The van der Waals surface area contributed by atoms with Gasteiger partial charge in [-0.15, -0.1) is 0 Å². The standard InChI is InChI=1S/C31H22F2N4O5/c1-41-18-6-8-20-24(14-18)34-12-11-28(20)42-19-7-10-29(35-16-19)36-30(39)22-15-21-25(3-2-4-27(21)38)37(31(22)40)26-9-5-17(32)13-23(26)33/h5-16H,2-4H2,1H3,(H,35,36,39). The topological polar surface area (TPSA) is 112 Å². The second-order valence-corrected chi connectivity index (χ2v) is 9.56. The zero-order valence-corrected chi connectivity index (χ0v) is 22.2. The summed E-state index contributed by atoms with van der Waals surface area (Å²) in [4.78, 5) is 48.0. The van der Waals surface area contributed by atoms with Crippen molar-refractivity contribution in [3.63, 3.8) is 0 Å². The number of hydrogen-bond acceptors (Lipinski definition) is 7. The quantitative estimate of drug-likeness (QED) is 0.283. The maximum Gasteiger partial charge on any atom is 0.268 e. The molecular formula is C31H22F2N4O5. The molecule has 0 radical (unpaired) electrons. The highest BCUT2D eigenvalue weighted by molar-refractivity contribution is 6.06. The number of Topliss-reactive ketones (excluding diaryl/α,β-unsaturated/α-hetero) is 1. The van der Waals surface area contributed by atoms with Crippen LogP contribution in [0.4, 0.5) is 14.6 Å². The minimum atomic E-state index is -0.992. The summed E-state index contributed by atoms with van der Waals surface area (Å²) in [5.74, 6) is -1.24. The molecule has 5 aromatic rings. The van der Waals surface area contributed by atoms with E-state index in [0.29, 0.717) is 41.7 Å². The van der Waals surface area contributed by atoms with Gasteiger partial charge in [-0.05, 0) is 61.4 Å². The van der Waals surface area contributed by atoms with Gasteiger partial charge in [0.05, 0.1) is 24.5 Å². The van der Waals surface area contributed by atoms with Gasteiger partial charge >= 0.3 is 0 Å². The van der Waals surface area contributed by atoms with Crippen molar-refractivity contribution in [1.82, 2.24) is 14.5 Å². The van der Waals surface area contributed by atoms with Gasteiger partial charge in [0.2, 0.25) is 0 Å². The van der Waals surface area contributed by atoms with E-state index in [1.807, 2.05) is 6.07 Å². The number of anilines is 1. The molecule has 0 aliphatic heterocycles. The number of pyridine rings is 3. The molecule has 6 rings (SSSR count). The monoisotopic (exact) mass is 568 g/mol. The maximum absolute atomic E-state index is 14.8. The van der Waals surface area contributed by atoms with Crippen molar-refractivity contribution in [3.05, 3.63) is 112 Å². The van der Waals surface area contributed by atoms with Crippen molar-refractivity contribution >= 4 is 28.4 Å². The predicted molar refractivity (Wildman–Crippen MR) is 150 cm³/mol. The maximum atomic E-state index is 14.8. The summed E-state index contributed by atoms with van der Waals surface area (Å²) in [6.45, 7) is 0. The molecule has 2 aromatic carbocycles. The molecule has 1 N–H and O–H groups in total. The average molecular weight is 569 g/mol. The summed E-state index contributed by atoms with van der Waals surface area (Å²) in [5.41, 5.74) is -0.364. The molecule has 1 aliphatic rings. The van der Waals surface area contributed by atoms with Crippen molar-refractivity contribution in [3.8, 4) is 22.9 Å². The van der Waals surface area contributed by atoms with E-state index >= 15 is 0 Å². The van der Waals surface area contributed by atoms with Gasteiger partial charge < -0.3 is 14.8 Å². The summed E-state index contributed by atoms with van der Waals surface area (Å²) >= 11 is 0. The lowest BCUT2D eigenvalue weighted by Gasteiger charge is -2.22. The van der Waals surface area contributed by atoms with Crippen molar-refractivity contribution in [2.24, 2.45) is 0 Å². The highest BCUT2D eigenvalue weighted by Crippen LogP contribution is 2.31. The molecule has 3 heterocycles. The summed E-state index contributed by atoms with van der Waals surface area (Å²) in [6.07, 6.45) is 4.00. The van der Waals surface area contributed by atoms with Gasteiger partial charge in [0.25, 0.3) is 11.5 Å². The minimum absolute atomic E-state index is 0.111. The van der Waals surface area contributed by atoms with Gasteiger partial charge in [-0.3, -0.25) is 23.9 Å². The fourth-order valence-electron chi connectivity index (χ4n) is 4.91. The van der Waals surface area contributed by atoms with E-state index in [1.165, 1.54) is 18.3 Å². The molecule has 9 nitrogen and oxygen atoms in total. The third kappa shape index (κ3) is 4.96. The van der Waals surface area contributed by atoms with E-state index < -0.39 is 23.1 Å². The number of rotatable bonds is 6. The molecule has 0 spiro atoms. The van der Waals surface area contributed by atoms with Gasteiger partial charge in [-0.25, -0.2) is 13.8 Å². The van der Waals surface area contributed by atoms with Crippen molar-refractivity contribution in [2.45, 2.75) is 19.3 Å². The molecule has 3 aromatic heterocycles. The minimum Gasteiger partial charge on any atom is -0.497 e. The average Bonchev–Trinajstić information content (AvgIpc) is 2.98. The van der Waals surface area contributed by atoms with Crippen LogP contribution in [-0.2, 0) is 6.42 Å². The van der Waals surface area contributed by atoms with Gasteiger partial charge in [-0.2, -0.15) is 0 Å². The number of hydrogen-bond donors (Lipinski definition) is 1. The van der Waals surface area contributed by atoms with E-state index in [9.17, 15) is 23.2 Å². The van der Waals surface area contributed by atoms with Crippen LogP contribution in [0.3, 0.4) is 0 Å². The molecule has 0 bridgehead atoms. The highest BCUT2D eigenvalue weighted by Gasteiger charge is 2.27. The number of ketones is 1. The fraction of sp³-hybridized carbons (Fsp3) is 0.129. The third-order valence-electron chi connectivity index (χ3n) is 6.93. The van der Waals surface area contributed by atoms with E-state index in [2.05, 4.69) is 15.3 Å². The van der Waals surface area contributed by atoms with Gasteiger partial charge in [-0.1, -0.05) is 0 Å². The molecule has 1 amide bonds. The number of ether oxygens (including phenoxy) is 2. The first-order valence-electron chi connectivity index (χ1n) is 13.0. The molecule has 0 saturated heterocycles. The Hall–Kier alpha value is -5.45. The van der Waals surface area contributed by atoms with Crippen LogP contribution in [-0.4, -0.2) is 33.3 Å². The number of methoxy groups -OCH3 is 1. The van der Waals surface area contributed by atoms with Crippen molar-refractivity contribution in [1.29, 1.82) is 0 Å². The molecule has 0 unspecified atom stereocenters. The Kier molecular flexibility index (Phi) is 6.91. The number of amides is 1. The molecule has 0 fully saturated rings. The summed E-state index contributed by atoms with van der Waals surface area (Å²) < 4.78 is 40.6. The lowest BCUT2D eigenvalue weighted by atomic mass is 9.92. The molecular weight excluding hydrogens is 546 g/mol. The first kappa shape index (κ1) is 26.8. The Labute approximate surface area is 237 Å². The van der Waals surface area contributed by atoms with Crippen LogP contribution < -0.4 is 20.3 Å². The van der Waals surface area contributed by atoms with Crippen molar-refractivity contribution in [2.75, 3.05) is 12.4 Å². The zero-order chi connectivity index (χ0) is 29.4. The summed E-state index contributed by atoms with van der Waals surface area (Å²) in [6, 6.07) is 14.2. The largest absolute Gasteiger partial charge is 0.497 e. The van der Waals surface area contributed by atoms with Gasteiger partial charge in [0, 0.05) is 41.4 Å². The zero-order valence-electron chi connectivity index (χ0n) is 22.2. The van der Waals surface area contributed by atoms with Gasteiger partial charge in [0.1, 0.15) is 40.3 Å². The van der Waals surface area contributed by atoms with Crippen LogP contribution in [0.25, 0.3) is 16.6 Å². The SMILES string of the molecule is COc1ccc2c(Oc3ccc(NC(=O)c4cc5c(n(-c6ccc(F)cc6F)c4=O)CCCC5=O)nc3)ccnc2c1. The number of fused-ring (bicyclic) bond motifs is 2. The Morgan fingerprint density at radius 3 is 2.55 bits per heavy atom. The Morgan fingerprint density at radius 1 is 0.952 bits per heavy atom. The number of carbonyl (C=O) groups excluding carboxylic acids is 2. The molecule has 0 saturated carbocycles. The second kappa shape index (κ2) is 10.8. The number of nitrogens with one attached hydrogen (secondary N) is 1. The molecule has 42 heavy (non-hydrogen) atoms. The molecule has 210 valence electrons. The Balaban J connectivity index is 1.29. The normalized spacial score (nSPS) is 12.6. The number of aromatic nitrogens is 3. The third-order valence-corrected chi connectivity index (χ3v) is 6.93. The van der Waals surface area contributed by atoms with Crippen LogP contribution in [0, 0.1) is 11.6 Å². The highest BCUT2D eigenvalue weighted by atomic mass is 19.1. The Morgan fingerprint density at radius 2 is 1.79 bits per heavy atom. The predicted octanol–water partition coefficient (Wildman–Crippen LogP) is 5.63. The summed E-state index contributed by atoms with van der Waals surface area (Å²) in [5, 5.41) is 3.30. The lowest BCUT2D eigenvalue weighted by molar-refractivity contribution is 0.0970. The number of nitrogens with zero attached hydrogens (tertiary/aromatic N) is 3. The van der Waals surface area contributed by atoms with E-state index in [1.54, 1.807) is 37.6 Å². The first-order valence-corrected chi connectivity index (χ1v) is 13.0. The number of halogens is 2. The van der Waals surface area contributed by atoms with Gasteiger partial charge in [0.15, 0.2) is 5.78 Å². The fourth-order valence-corrected chi connectivity index (χ4v) is 4.91. The first-order chi connectivity index (χ1) is 20.3. The smallest absolute Gasteiger partial charge is 0.268 e.